The third-order valence-corrected chi connectivity index (χ3v) is 7.23. The summed E-state index contributed by atoms with van der Waals surface area (Å²) in [6, 6.07) is 15.5. The molecule has 2 heterocycles. The highest BCUT2D eigenvalue weighted by Gasteiger charge is 2.45. The van der Waals surface area contributed by atoms with Crippen molar-refractivity contribution in [2.45, 2.75) is 30.4 Å². The highest BCUT2D eigenvalue weighted by Crippen LogP contribution is 2.44. The number of carboxylic acids is 1. The number of carboxylic acid groups (broad SMARTS) is 1. The maximum absolute atomic E-state index is 13.1. The number of aliphatic carboxylic acids is 1. The third kappa shape index (κ3) is 4.37. The number of nitrogens with zero attached hydrogens (tertiary/aromatic N) is 1. The van der Waals surface area contributed by atoms with Crippen LogP contribution in [0.4, 0.5) is 4.79 Å². The number of carbonyl (C=O) groups is 3. The molecule has 9 heteroatoms. The molecule has 9 nitrogen and oxygen atoms in total. The molecule has 3 aliphatic rings. The fraction of sp³-hybridized carbons (Fsp3) is 0.423. The van der Waals surface area contributed by atoms with Gasteiger partial charge in [0.15, 0.2) is 5.60 Å². The van der Waals surface area contributed by atoms with Gasteiger partial charge in [0.05, 0.1) is 31.7 Å². The Morgan fingerprint density at radius 1 is 1.06 bits per heavy atom. The molecule has 2 amide bonds. The first-order valence-corrected chi connectivity index (χ1v) is 11.8. The highest BCUT2D eigenvalue weighted by molar-refractivity contribution is 5.84. The number of carbonyl (C=O) groups excluding carboxylic acids is 2. The van der Waals surface area contributed by atoms with Gasteiger partial charge in [-0.2, -0.15) is 0 Å². The molecule has 3 unspecified atom stereocenters. The van der Waals surface area contributed by atoms with E-state index in [4.69, 9.17) is 9.47 Å². The van der Waals surface area contributed by atoms with Crippen molar-refractivity contribution >= 4 is 18.0 Å². The fourth-order valence-electron chi connectivity index (χ4n) is 5.36. The molecule has 5 rings (SSSR count). The van der Waals surface area contributed by atoms with Gasteiger partial charge in [-0.15, -0.1) is 0 Å². The summed E-state index contributed by atoms with van der Waals surface area (Å²) >= 11 is 0. The van der Waals surface area contributed by atoms with Crippen molar-refractivity contribution in [3.63, 3.8) is 0 Å². The van der Waals surface area contributed by atoms with Crippen LogP contribution in [0, 0.1) is 5.92 Å². The zero-order valence-electron chi connectivity index (χ0n) is 19.2. The molecule has 35 heavy (non-hydrogen) atoms. The number of aliphatic hydroxyl groups is 1. The molecule has 184 valence electrons. The van der Waals surface area contributed by atoms with Gasteiger partial charge in [-0.3, -0.25) is 4.79 Å². The van der Waals surface area contributed by atoms with E-state index >= 15 is 0 Å². The lowest BCUT2D eigenvalue weighted by molar-refractivity contribution is -0.167. The lowest BCUT2D eigenvalue weighted by Crippen LogP contribution is -2.57. The number of piperidine rings is 1. The van der Waals surface area contributed by atoms with Gasteiger partial charge in [-0.25, -0.2) is 9.59 Å². The number of rotatable bonds is 5. The summed E-state index contributed by atoms with van der Waals surface area (Å²) in [6.07, 6.45) is -0.165. The van der Waals surface area contributed by atoms with Gasteiger partial charge in [-0.1, -0.05) is 48.5 Å². The van der Waals surface area contributed by atoms with Crippen LogP contribution in [-0.2, 0) is 19.1 Å². The maximum atomic E-state index is 13.1. The topological polar surface area (TPSA) is 125 Å². The number of hydrogen-bond donors (Lipinski definition) is 3. The van der Waals surface area contributed by atoms with Crippen LogP contribution in [0.2, 0.25) is 0 Å². The number of benzene rings is 2. The number of fused-ring (bicyclic) bond motifs is 3. The van der Waals surface area contributed by atoms with Crippen molar-refractivity contribution in [2.75, 3.05) is 32.9 Å². The molecule has 3 atom stereocenters. The summed E-state index contributed by atoms with van der Waals surface area (Å²) in [5.41, 5.74) is 2.53. The quantitative estimate of drug-likeness (QED) is 0.598. The standard InChI is InChI=1S/C26H28N2O7/c29-23(28-11-5-10-26(33,15-28)24(30)31)21-12-34-14-22(21)27-25(32)35-13-20-18-8-3-1-6-16(18)17-7-2-4-9-19(17)20/h1-4,6-9,20-22,33H,5,10-15H2,(H,27,32)(H,30,31). The van der Waals surface area contributed by atoms with Crippen molar-refractivity contribution in [3.05, 3.63) is 59.7 Å². The van der Waals surface area contributed by atoms with Crippen LogP contribution in [0.1, 0.15) is 29.9 Å². The van der Waals surface area contributed by atoms with Gasteiger partial charge >= 0.3 is 12.1 Å². The molecule has 2 aliphatic heterocycles. The number of hydrogen-bond acceptors (Lipinski definition) is 6. The van der Waals surface area contributed by atoms with Gasteiger partial charge in [0.2, 0.25) is 5.91 Å². The molecule has 2 saturated heterocycles. The Morgan fingerprint density at radius 3 is 2.37 bits per heavy atom. The van der Waals surface area contributed by atoms with Crippen LogP contribution in [0.3, 0.4) is 0 Å². The van der Waals surface area contributed by atoms with Gasteiger partial charge in [0.25, 0.3) is 0 Å². The molecule has 0 spiro atoms. The Hall–Kier alpha value is -3.43. The fourth-order valence-corrected chi connectivity index (χ4v) is 5.36. The Labute approximate surface area is 202 Å². The van der Waals surface area contributed by atoms with Crippen LogP contribution >= 0.6 is 0 Å². The zero-order chi connectivity index (χ0) is 24.6. The molecule has 2 aromatic carbocycles. The Kier molecular flexibility index (Phi) is 6.21. The second-order valence-electron chi connectivity index (χ2n) is 9.42. The summed E-state index contributed by atoms with van der Waals surface area (Å²) in [5, 5.41) is 22.4. The van der Waals surface area contributed by atoms with Crippen LogP contribution in [-0.4, -0.2) is 77.6 Å². The van der Waals surface area contributed by atoms with E-state index in [0.29, 0.717) is 13.0 Å². The lowest BCUT2D eigenvalue weighted by Gasteiger charge is -2.37. The third-order valence-electron chi connectivity index (χ3n) is 7.23. The summed E-state index contributed by atoms with van der Waals surface area (Å²) in [5.74, 6) is -2.43. The second kappa shape index (κ2) is 9.31. The zero-order valence-corrected chi connectivity index (χ0v) is 19.2. The number of likely N-dealkylation sites (tertiary alicyclic amines) is 1. The minimum absolute atomic E-state index is 0.0764. The first-order valence-electron chi connectivity index (χ1n) is 11.8. The molecule has 0 aromatic heterocycles. The first-order chi connectivity index (χ1) is 16.9. The second-order valence-corrected chi connectivity index (χ2v) is 9.42. The Bertz CT molecular complexity index is 1110. The average Bonchev–Trinajstić information content (AvgIpc) is 3.44. The molecular formula is C26H28N2O7. The molecule has 0 radical (unpaired) electrons. The number of nitrogens with one attached hydrogen (secondary N) is 1. The summed E-state index contributed by atoms with van der Waals surface area (Å²) in [7, 11) is 0. The largest absolute Gasteiger partial charge is 0.479 e. The van der Waals surface area contributed by atoms with Crippen molar-refractivity contribution in [1.29, 1.82) is 0 Å². The predicted octanol–water partition coefficient (Wildman–Crippen LogP) is 1.98. The maximum Gasteiger partial charge on any atom is 0.407 e. The monoisotopic (exact) mass is 480 g/mol. The van der Waals surface area contributed by atoms with Crippen LogP contribution in [0.15, 0.2) is 48.5 Å². The van der Waals surface area contributed by atoms with Gasteiger partial charge in [0.1, 0.15) is 6.61 Å². The lowest BCUT2D eigenvalue weighted by atomic mass is 9.91. The molecule has 3 N–H and O–H groups in total. The summed E-state index contributed by atoms with van der Waals surface area (Å²) < 4.78 is 11.0. The highest BCUT2D eigenvalue weighted by atomic mass is 16.5. The van der Waals surface area contributed by atoms with Gasteiger partial charge in [-0.05, 0) is 35.1 Å². The minimum Gasteiger partial charge on any atom is -0.479 e. The van der Waals surface area contributed by atoms with E-state index in [1.54, 1.807) is 0 Å². The van der Waals surface area contributed by atoms with Crippen molar-refractivity contribution in [2.24, 2.45) is 5.92 Å². The Balaban J connectivity index is 1.21. The summed E-state index contributed by atoms with van der Waals surface area (Å²) in [4.78, 5) is 38.6. The van der Waals surface area contributed by atoms with Gasteiger partial charge < -0.3 is 29.9 Å². The smallest absolute Gasteiger partial charge is 0.407 e. The van der Waals surface area contributed by atoms with E-state index in [2.05, 4.69) is 17.4 Å². The van der Waals surface area contributed by atoms with E-state index < -0.39 is 29.6 Å². The molecule has 0 bridgehead atoms. The van der Waals surface area contributed by atoms with Crippen LogP contribution in [0.5, 0.6) is 0 Å². The Morgan fingerprint density at radius 2 is 1.71 bits per heavy atom. The molecule has 2 fully saturated rings. The number of alkyl carbamates (subject to hydrolysis) is 1. The minimum atomic E-state index is -1.96. The number of β-amino-alcohol motifs (C(OH)–C–C–N with tert-alkyl or cyclic N) is 1. The molecular weight excluding hydrogens is 452 g/mol. The SMILES string of the molecule is O=C(NC1COCC1C(=O)N1CCCC(O)(C(=O)O)C1)OCC1c2ccccc2-c2ccccc21. The average molecular weight is 481 g/mol. The van der Waals surface area contributed by atoms with E-state index in [9.17, 15) is 24.6 Å². The normalized spacial score (nSPS) is 25.6. The first kappa shape index (κ1) is 23.3. The molecule has 2 aromatic rings. The van der Waals surface area contributed by atoms with Crippen LogP contribution in [0.25, 0.3) is 11.1 Å². The van der Waals surface area contributed by atoms with E-state index in [1.807, 2.05) is 36.4 Å². The van der Waals surface area contributed by atoms with Crippen molar-refractivity contribution < 1.29 is 34.1 Å². The van der Waals surface area contributed by atoms with E-state index in [1.165, 1.54) is 4.90 Å². The number of ether oxygens (including phenoxy) is 2. The summed E-state index contributed by atoms with van der Waals surface area (Å²) in [6.45, 7) is 0.481. The van der Waals surface area contributed by atoms with Crippen molar-refractivity contribution in [1.82, 2.24) is 10.2 Å². The predicted molar refractivity (Wildman–Crippen MR) is 125 cm³/mol. The number of amides is 2. The van der Waals surface area contributed by atoms with Crippen molar-refractivity contribution in [3.8, 4) is 11.1 Å². The van der Waals surface area contributed by atoms with E-state index in [0.717, 1.165) is 22.3 Å². The molecule has 0 saturated carbocycles. The molecule has 1 aliphatic carbocycles. The van der Waals surface area contributed by atoms with Crippen LogP contribution < -0.4 is 5.32 Å². The van der Waals surface area contributed by atoms with Gasteiger partial charge in [0, 0.05) is 12.5 Å². The van der Waals surface area contributed by atoms with E-state index in [-0.39, 0.29) is 44.6 Å².